The van der Waals surface area contributed by atoms with E-state index >= 15 is 0 Å². The van der Waals surface area contributed by atoms with Gasteiger partial charge in [0.2, 0.25) is 0 Å². The average molecular weight is 478 g/mol. The second-order valence-corrected chi connectivity index (χ2v) is 10.2. The van der Waals surface area contributed by atoms with E-state index in [1.807, 2.05) is 44.2 Å². The number of nitrogens with one attached hydrogen (secondary N) is 1. The fourth-order valence-electron chi connectivity index (χ4n) is 4.81. The molecule has 2 amide bonds. The van der Waals surface area contributed by atoms with Crippen LogP contribution >= 0.6 is 12.2 Å². The first-order chi connectivity index (χ1) is 15.9. The van der Waals surface area contributed by atoms with Crippen molar-refractivity contribution in [2.75, 3.05) is 24.0 Å². The number of carbonyl (C=O) groups is 2. The summed E-state index contributed by atoms with van der Waals surface area (Å²) >= 11 is 5.35. The number of amides is 2. The number of hydrogen-bond donors (Lipinski definition) is 1. The number of benzene rings is 2. The number of ether oxygens (including phenoxy) is 1. The van der Waals surface area contributed by atoms with Crippen LogP contribution in [-0.2, 0) is 9.59 Å². The molecule has 0 bridgehead atoms. The summed E-state index contributed by atoms with van der Waals surface area (Å²) in [5.74, 6) is -0.0431. The molecular formula is C27H31N3O3S. The number of fused-ring (bicyclic) bond motifs is 1. The zero-order valence-corrected chi connectivity index (χ0v) is 21.6. The third-order valence-corrected chi connectivity index (χ3v) is 7.42. The fourth-order valence-corrected chi connectivity index (χ4v) is 5.09. The lowest BCUT2D eigenvalue weighted by Gasteiger charge is -2.45. The Kier molecular flexibility index (Phi) is 6.02. The number of rotatable bonds is 3. The molecule has 0 radical (unpaired) electrons. The van der Waals surface area contributed by atoms with Gasteiger partial charge in [0.25, 0.3) is 11.8 Å². The highest BCUT2D eigenvalue weighted by molar-refractivity contribution is 7.80. The minimum atomic E-state index is -0.513. The topological polar surface area (TPSA) is 61.9 Å². The van der Waals surface area contributed by atoms with Crippen molar-refractivity contribution < 1.29 is 14.3 Å². The summed E-state index contributed by atoms with van der Waals surface area (Å²) < 4.78 is 5.68. The van der Waals surface area contributed by atoms with Crippen LogP contribution in [0.1, 0.15) is 55.4 Å². The second kappa shape index (κ2) is 8.55. The molecule has 2 aliphatic rings. The lowest BCUT2D eigenvalue weighted by molar-refractivity contribution is -0.122. The van der Waals surface area contributed by atoms with Crippen LogP contribution in [0, 0.1) is 13.8 Å². The van der Waals surface area contributed by atoms with Crippen LogP contribution in [0.15, 0.2) is 35.9 Å². The molecular weight excluding hydrogens is 446 g/mol. The fraction of sp³-hybridized carbons (Fsp3) is 0.370. The summed E-state index contributed by atoms with van der Waals surface area (Å²) in [5, 5.41) is 2.74. The van der Waals surface area contributed by atoms with Gasteiger partial charge in [-0.25, -0.2) is 0 Å². The van der Waals surface area contributed by atoms with Gasteiger partial charge in [-0.15, -0.1) is 0 Å². The van der Waals surface area contributed by atoms with Crippen molar-refractivity contribution in [3.8, 4) is 5.75 Å². The molecule has 2 aromatic carbocycles. The molecule has 0 saturated carbocycles. The van der Waals surface area contributed by atoms with Gasteiger partial charge in [0, 0.05) is 29.9 Å². The molecule has 7 heteroatoms. The van der Waals surface area contributed by atoms with Crippen molar-refractivity contribution in [2.45, 2.75) is 52.5 Å². The van der Waals surface area contributed by atoms with Gasteiger partial charge in [-0.05, 0) is 93.2 Å². The summed E-state index contributed by atoms with van der Waals surface area (Å²) in [6, 6.07) is 9.70. The van der Waals surface area contributed by atoms with E-state index in [1.54, 1.807) is 13.2 Å². The van der Waals surface area contributed by atoms with Gasteiger partial charge in [-0.3, -0.25) is 19.8 Å². The summed E-state index contributed by atoms with van der Waals surface area (Å²) in [7, 11) is 3.68. The van der Waals surface area contributed by atoms with Crippen LogP contribution in [0.5, 0.6) is 5.75 Å². The Hall–Kier alpha value is -3.19. The molecule has 1 saturated heterocycles. The van der Waals surface area contributed by atoms with E-state index in [0.717, 1.165) is 23.2 Å². The first-order valence-electron chi connectivity index (χ1n) is 11.4. The summed E-state index contributed by atoms with van der Waals surface area (Å²) in [5.41, 5.74) is 5.75. The van der Waals surface area contributed by atoms with Crippen LogP contribution in [-0.4, -0.2) is 36.6 Å². The van der Waals surface area contributed by atoms with Crippen LogP contribution in [0.25, 0.3) is 6.08 Å². The first kappa shape index (κ1) is 24.0. The molecule has 34 heavy (non-hydrogen) atoms. The largest absolute Gasteiger partial charge is 0.496 e. The number of aryl methyl sites for hydroxylation is 2. The van der Waals surface area contributed by atoms with Gasteiger partial charge < -0.3 is 9.64 Å². The Morgan fingerprint density at radius 2 is 1.85 bits per heavy atom. The van der Waals surface area contributed by atoms with Crippen molar-refractivity contribution in [1.29, 1.82) is 0 Å². The predicted octanol–water partition coefficient (Wildman–Crippen LogP) is 4.87. The zero-order chi connectivity index (χ0) is 24.9. The maximum Gasteiger partial charge on any atom is 0.270 e. The smallest absolute Gasteiger partial charge is 0.270 e. The normalized spacial score (nSPS) is 21.0. The number of hydrogen-bond acceptors (Lipinski definition) is 5. The quantitative estimate of drug-likeness (QED) is 0.388. The van der Waals surface area contributed by atoms with Gasteiger partial charge in [0.1, 0.15) is 11.3 Å². The van der Waals surface area contributed by atoms with E-state index in [2.05, 4.69) is 38.0 Å². The molecule has 0 spiro atoms. The Labute approximate surface area is 206 Å². The van der Waals surface area contributed by atoms with Crippen molar-refractivity contribution in [3.05, 3.63) is 58.2 Å². The molecule has 6 nitrogen and oxygen atoms in total. The molecule has 178 valence electrons. The summed E-state index contributed by atoms with van der Waals surface area (Å²) in [6.45, 7) is 10.6. The molecule has 2 aromatic rings. The molecule has 1 N–H and O–H groups in total. The van der Waals surface area contributed by atoms with Gasteiger partial charge >= 0.3 is 0 Å². The van der Waals surface area contributed by atoms with E-state index in [-0.39, 0.29) is 16.2 Å². The van der Waals surface area contributed by atoms with Crippen molar-refractivity contribution in [1.82, 2.24) is 5.32 Å². The third-order valence-electron chi connectivity index (χ3n) is 7.14. The van der Waals surface area contributed by atoms with E-state index < -0.39 is 11.8 Å². The lowest BCUT2D eigenvalue weighted by Crippen LogP contribution is -2.54. The average Bonchev–Trinajstić information content (AvgIpc) is 2.76. The predicted molar refractivity (Wildman–Crippen MR) is 141 cm³/mol. The first-order valence-corrected chi connectivity index (χ1v) is 11.8. The second-order valence-electron chi connectivity index (χ2n) is 9.86. The minimum absolute atomic E-state index is 0.0129. The standard InChI is InChI=1S/C27H31N3O3S/c1-15-8-9-19(10-16(15)2)30-25(32)21(24(31)28-26(30)34)12-18-11-20-17(3)14-27(4,5)29(6)22(20)13-23(18)33-7/h8-13,17H,14H2,1-7H3,(H,28,31,34)/b21-12-. The minimum Gasteiger partial charge on any atom is -0.496 e. The molecule has 1 unspecified atom stereocenters. The monoisotopic (exact) mass is 477 g/mol. The van der Waals surface area contributed by atoms with Crippen molar-refractivity contribution >= 4 is 46.6 Å². The van der Waals surface area contributed by atoms with Crippen LogP contribution in [0.3, 0.4) is 0 Å². The molecule has 2 aliphatic heterocycles. The number of anilines is 2. The third kappa shape index (κ3) is 3.98. The van der Waals surface area contributed by atoms with Gasteiger partial charge in [0.05, 0.1) is 12.8 Å². The summed E-state index contributed by atoms with van der Waals surface area (Å²) in [4.78, 5) is 30.0. The highest BCUT2D eigenvalue weighted by Crippen LogP contribution is 2.45. The molecule has 2 heterocycles. The molecule has 0 aliphatic carbocycles. The summed E-state index contributed by atoms with van der Waals surface area (Å²) in [6.07, 6.45) is 2.60. The van der Waals surface area contributed by atoms with E-state index in [0.29, 0.717) is 22.9 Å². The van der Waals surface area contributed by atoms with Crippen LogP contribution < -0.4 is 19.9 Å². The van der Waals surface area contributed by atoms with E-state index in [9.17, 15) is 9.59 Å². The number of carbonyl (C=O) groups excluding carboxylic acids is 2. The van der Waals surface area contributed by atoms with Gasteiger partial charge in [-0.1, -0.05) is 13.0 Å². The van der Waals surface area contributed by atoms with Crippen LogP contribution in [0.2, 0.25) is 0 Å². The molecule has 1 fully saturated rings. The molecule has 1 atom stereocenters. The maximum absolute atomic E-state index is 13.5. The highest BCUT2D eigenvalue weighted by Gasteiger charge is 2.37. The van der Waals surface area contributed by atoms with Crippen molar-refractivity contribution in [3.63, 3.8) is 0 Å². The Balaban J connectivity index is 1.80. The van der Waals surface area contributed by atoms with E-state index in [4.69, 9.17) is 17.0 Å². The maximum atomic E-state index is 13.5. The van der Waals surface area contributed by atoms with Crippen LogP contribution in [0.4, 0.5) is 11.4 Å². The van der Waals surface area contributed by atoms with Gasteiger partial charge in [0.15, 0.2) is 5.11 Å². The number of methoxy groups -OCH3 is 1. The highest BCUT2D eigenvalue weighted by atomic mass is 32.1. The number of thiocarbonyl (C=S) groups is 1. The Morgan fingerprint density at radius 3 is 2.50 bits per heavy atom. The Bertz CT molecular complexity index is 1250. The SMILES string of the molecule is COc1cc2c(cc1/C=C1/C(=O)NC(=S)N(c3ccc(C)c(C)c3)C1=O)C(C)CC(C)(C)N2C. The lowest BCUT2D eigenvalue weighted by atomic mass is 9.79. The number of nitrogens with zero attached hydrogens (tertiary/aromatic N) is 2. The van der Waals surface area contributed by atoms with E-state index in [1.165, 1.54) is 10.5 Å². The van der Waals surface area contributed by atoms with Crippen molar-refractivity contribution in [2.24, 2.45) is 0 Å². The Morgan fingerprint density at radius 1 is 1.15 bits per heavy atom. The molecule has 0 aromatic heterocycles. The van der Waals surface area contributed by atoms with Gasteiger partial charge in [-0.2, -0.15) is 0 Å². The zero-order valence-electron chi connectivity index (χ0n) is 20.8. The molecule has 4 rings (SSSR count).